The van der Waals surface area contributed by atoms with Crippen molar-refractivity contribution in [1.29, 1.82) is 0 Å². The van der Waals surface area contributed by atoms with E-state index in [2.05, 4.69) is 4.98 Å². The quantitative estimate of drug-likeness (QED) is 0.491. The van der Waals surface area contributed by atoms with Crippen molar-refractivity contribution in [2.45, 2.75) is 30.9 Å². The van der Waals surface area contributed by atoms with Gasteiger partial charge in [0, 0.05) is 29.2 Å². The maximum atomic E-state index is 11.9. The first-order valence-electron chi connectivity index (χ1n) is 6.54. The fourth-order valence-electron chi connectivity index (χ4n) is 2.11. The van der Waals surface area contributed by atoms with Crippen LogP contribution in [0.1, 0.15) is 18.2 Å². The maximum Gasteiger partial charge on any atom is 0.330 e. The van der Waals surface area contributed by atoms with Gasteiger partial charge in [-0.25, -0.2) is 4.79 Å². The molecule has 0 bridgehead atoms. The van der Waals surface area contributed by atoms with E-state index in [0.717, 1.165) is 0 Å². The van der Waals surface area contributed by atoms with E-state index in [1.54, 1.807) is 6.92 Å². The molecular formula is C12H18N2O5S2. The van der Waals surface area contributed by atoms with Crippen molar-refractivity contribution in [2.75, 3.05) is 19.0 Å². The lowest BCUT2D eigenvalue weighted by Gasteiger charge is -2.15. The summed E-state index contributed by atoms with van der Waals surface area (Å²) in [6, 6.07) is 0. The number of hydrogen-bond acceptors (Lipinski definition) is 7. The highest BCUT2D eigenvalue weighted by atomic mass is 33.1. The number of nitrogens with zero attached hydrogens (tertiary/aromatic N) is 1. The maximum absolute atomic E-state index is 11.9. The Bertz CT molecular complexity index is 588. The molecule has 7 nitrogen and oxygen atoms in total. The Kier molecular flexibility index (Phi) is 5.94. The van der Waals surface area contributed by atoms with Gasteiger partial charge in [0.15, 0.2) is 0 Å². The predicted molar refractivity (Wildman–Crippen MR) is 82.6 cm³/mol. The topological polar surface area (TPSA) is 105 Å². The van der Waals surface area contributed by atoms with Gasteiger partial charge in [-0.2, -0.15) is 0 Å². The van der Waals surface area contributed by atoms with Gasteiger partial charge in [-0.1, -0.05) is 21.6 Å². The van der Waals surface area contributed by atoms with Crippen LogP contribution < -0.4 is 11.2 Å². The first-order valence-corrected chi connectivity index (χ1v) is 8.92. The summed E-state index contributed by atoms with van der Waals surface area (Å²) in [4.78, 5) is 25.5. The summed E-state index contributed by atoms with van der Waals surface area (Å²) in [7, 11) is 3.04. The molecule has 1 unspecified atom stereocenters. The monoisotopic (exact) mass is 334 g/mol. The van der Waals surface area contributed by atoms with Crippen LogP contribution >= 0.6 is 21.6 Å². The lowest BCUT2D eigenvalue weighted by Crippen LogP contribution is -2.33. The van der Waals surface area contributed by atoms with Crippen molar-refractivity contribution in [3.05, 3.63) is 32.6 Å². The molecule has 21 heavy (non-hydrogen) atoms. The molecular weight excluding hydrogens is 316 g/mol. The third-order valence-corrected chi connectivity index (χ3v) is 6.06. The summed E-state index contributed by atoms with van der Waals surface area (Å²) in [5, 5.41) is 18.2. The lowest BCUT2D eigenvalue weighted by molar-refractivity contribution is -0.0238. The molecule has 1 fully saturated rings. The highest BCUT2D eigenvalue weighted by molar-refractivity contribution is 8.77. The first-order chi connectivity index (χ1) is 10.1. The van der Waals surface area contributed by atoms with Crippen molar-refractivity contribution in [1.82, 2.24) is 9.55 Å². The van der Waals surface area contributed by atoms with Gasteiger partial charge in [0.05, 0.1) is 19.3 Å². The largest absolute Gasteiger partial charge is 0.395 e. The van der Waals surface area contributed by atoms with Gasteiger partial charge >= 0.3 is 5.69 Å². The number of nitrogens with one attached hydrogen (secondary N) is 1. The van der Waals surface area contributed by atoms with Gasteiger partial charge in [-0.15, -0.1) is 0 Å². The van der Waals surface area contributed by atoms with Crippen LogP contribution in [0, 0.1) is 6.92 Å². The summed E-state index contributed by atoms with van der Waals surface area (Å²) in [6.07, 6.45) is 1.16. The molecule has 1 aromatic heterocycles. The standard InChI is InChI=1S/C12H18N2O5S2/c1-7-5-14(12(18)13-11(7)17)10-4-9(8(6-16)19-10)21-20-3-2-15/h5,8-10,15-16H,2-4,6H2,1H3,(H,13,17,18)/t8-,9?,10-/m1/s1. The average molecular weight is 334 g/mol. The summed E-state index contributed by atoms with van der Waals surface area (Å²) in [5.41, 5.74) is -0.483. The number of aromatic nitrogens is 2. The van der Waals surface area contributed by atoms with Gasteiger partial charge in [-0.3, -0.25) is 14.3 Å². The smallest absolute Gasteiger partial charge is 0.330 e. The van der Waals surface area contributed by atoms with Crippen LogP contribution in [0.4, 0.5) is 0 Å². The van der Waals surface area contributed by atoms with E-state index in [9.17, 15) is 14.7 Å². The van der Waals surface area contributed by atoms with E-state index in [4.69, 9.17) is 9.84 Å². The minimum absolute atomic E-state index is 0.0238. The third-order valence-electron chi connectivity index (χ3n) is 3.18. The van der Waals surface area contributed by atoms with Crippen LogP contribution in [0.3, 0.4) is 0 Å². The van der Waals surface area contributed by atoms with Crippen molar-refractivity contribution >= 4 is 21.6 Å². The number of rotatable bonds is 6. The molecule has 0 amide bonds. The number of H-pyrrole nitrogens is 1. The molecule has 1 aromatic rings. The van der Waals surface area contributed by atoms with Gasteiger partial charge < -0.3 is 14.9 Å². The summed E-state index contributed by atoms with van der Waals surface area (Å²) in [6.45, 7) is 1.58. The van der Waals surface area contributed by atoms with Crippen molar-refractivity contribution < 1.29 is 14.9 Å². The van der Waals surface area contributed by atoms with E-state index in [1.165, 1.54) is 32.4 Å². The molecule has 0 aliphatic carbocycles. The number of aryl methyl sites for hydroxylation is 1. The van der Waals surface area contributed by atoms with Gasteiger partial charge in [0.25, 0.3) is 5.56 Å². The third kappa shape index (κ3) is 3.92. The van der Waals surface area contributed by atoms with Crippen LogP contribution in [0.5, 0.6) is 0 Å². The zero-order valence-electron chi connectivity index (χ0n) is 11.5. The Labute approximate surface area is 129 Å². The molecule has 1 aliphatic heterocycles. The molecule has 0 radical (unpaired) electrons. The Morgan fingerprint density at radius 1 is 1.48 bits per heavy atom. The van der Waals surface area contributed by atoms with Crippen molar-refractivity contribution in [2.24, 2.45) is 0 Å². The summed E-state index contributed by atoms with van der Waals surface area (Å²) in [5.74, 6) is 0.599. The van der Waals surface area contributed by atoms with E-state index in [0.29, 0.717) is 17.7 Å². The Balaban J connectivity index is 2.13. The number of hydrogen-bond donors (Lipinski definition) is 3. The average Bonchev–Trinajstić information content (AvgIpc) is 2.86. The van der Waals surface area contributed by atoms with Gasteiger partial charge in [0.1, 0.15) is 6.23 Å². The highest BCUT2D eigenvalue weighted by Gasteiger charge is 2.36. The minimum atomic E-state index is -0.513. The van der Waals surface area contributed by atoms with Crippen LogP contribution in [-0.2, 0) is 4.74 Å². The molecule has 1 saturated heterocycles. The second-order valence-electron chi connectivity index (χ2n) is 4.71. The normalized spacial score (nSPS) is 25.4. The van der Waals surface area contributed by atoms with Crippen molar-refractivity contribution in [3.8, 4) is 0 Å². The lowest BCUT2D eigenvalue weighted by atomic mass is 10.2. The van der Waals surface area contributed by atoms with Crippen molar-refractivity contribution in [3.63, 3.8) is 0 Å². The molecule has 0 aromatic carbocycles. The Morgan fingerprint density at radius 2 is 2.24 bits per heavy atom. The number of aromatic amines is 1. The summed E-state index contributed by atoms with van der Waals surface area (Å²) >= 11 is 0. The Morgan fingerprint density at radius 3 is 2.90 bits per heavy atom. The minimum Gasteiger partial charge on any atom is -0.395 e. The van der Waals surface area contributed by atoms with Crippen LogP contribution in [0.2, 0.25) is 0 Å². The van der Waals surface area contributed by atoms with E-state index in [-0.39, 0.29) is 24.6 Å². The molecule has 0 saturated carbocycles. The van der Waals surface area contributed by atoms with Crippen LogP contribution in [0.25, 0.3) is 0 Å². The fraction of sp³-hybridized carbons (Fsp3) is 0.667. The zero-order valence-corrected chi connectivity index (χ0v) is 13.2. The van der Waals surface area contributed by atoms with Crippen LogP contribution in [0.15, 0.2) is 15.8 Å². The zero-order chi connectivity index (χ0) is 15.4. The molecule has 1 aliphatic rings. The summed E-state index contributed by atoms with van der Waals surface area (Å²) < 4.78 is 7.07. The molecule has 2 rings (SSSR count). The van der Waals surface area contributed by atoms with Gasteiger partial charge in [-0.05, 0) is 6.92 Å². The van der Waals surface area contributed by atoms with E-state index in [1.807, 2.05) is 0 Å². The molecule has 2 heterocycles. The van der Waals surface area contributed by atoms with Gasteiger partial charge in [0.2, 0.25) is 0 Å². The van der Waals surface area contributed by atoms with E-state index < -0.39 is 17.5 Å². The molecule has 118 valence electrons. The second-order valence-corrected chi connectivity index (χ2v) is 7.43. The van der Waals surface area contributed by atoms with Crippen LogP contribution in [-0.4, -0.2) is 50.1 Å². The SMILES string of the molecule is Cc1cn([C@H]2CC(SSCCO)[C@@H](CO)O2)c(=O)[nH]c1=O. The molecule has 9 heteroatoms. The molecule has 3 N–H and O–H groups in total. The first kappa shape index (κ1) is 16.6. The molecule has 0 spiro atoms. The highest BCUT2D eigenvalue weighted by Crippen LogP contribution is 2.40. The fourth-order valence-corrected chi connectivity index (χ4v) is 4.62. The number of aliphatic hydroxyl groups excluding tert-OH is 2. The Hall–Kier alpha value is -0.740. The number of ether oxygens (including phenoxy) is 1. The molecule has 3 atom stereocenters. The van der Waals surface area contributed by atoms with E-state index >= 15 is 0 Å². The second kappa shape index (κ2) is 7.50. The number of aliphatic hydroxyl groups is 2. The predicted octanol–water partition coefficient (Wildman–Crippen LogP) is -0.133.